The average molecular weight is 408 g/mol. The molecule has 4 aromatic rings. The number of hydrogen-bond donors (Lipinski definition) is 1. The monoisotopic (exact) mass is 408 g/mol. The number of carbonyl (C=O) groups is 1. The minimum atomic E-state index is -0.164. The minimum Gasteiger partial charge on any atom is -0.467 e. The zero-order valence-corrected chi connectivity index (χ0v) is 17.1. The van der Waals surface area contributed by atoms with Crippen LogP contribution in [0, 0.1) is 13.8 Å². The Morgan fingerprint density at radius 3 is 2.83 bits per heavy atom. The summed E-state index contributed by atoms with van der Waals surface area (Å²) in [5, 5.41) is 15.3. The molecule has 0 saturated carbocycles. The van der Waals surface area contributed by atoms with Crippen LogP contribution in [0.2, 0.25) is 0 Å². The first-order valence-electron chi connectivity index (χ1n) is 9.00. The Bertz CT molecular complexity index is 1150. The molecule has 0 radical (unpaired) electrons. The van der Waals surface area contributed by atoms with Crippen molar-refractivity contribution in [2.24, 2.45) is 0 Å². The highest BCUT2D eigenvalue weighted by Gasteiger charge is 2.17. The molecule has 148 valence electrons. The number of furan rings is 1. The molecule has 29 heavy (non-hydrogen) atoms. The zero-order valence-electron chi connectivity index (χ0n) is 16.3. The lowest BCUT2D eigenvalue weighted by molar-refractivity contribution is 0.102. The van der Waals surface area contributed by atoms with Gasteiger partial charge in [0.1, 0.15) is 5.76 Å². The Hall–Kier alpha value is -3.33. The van der Waals surface area contributed by atoms with Crippen LogP contribution < -0.4 is 5.32 Å². The largest absolute Gasteiger partial charge is 0.467 e. The van der Waals surface area contributed by atoms with Crippen LogP contribution in [0.25, 0.3) is 5.69 Å². The number of carbonyl (C=O) groups excluding carboxylic acids is 1. The van der Waals surface area contributed by atoms with Gasteiger partial charge in [-0.25, -0.2) is 0 Å². The predicted molar refractivity (Wildman–Crippen MR) is 111 cm³/mol. The van der Waals surface area contributed by atoms with Crippen LogP contribution in [0.15, 0.2) is 58.3 Å². The molecular formula is C20H20N6O2S. The molecule has 0 unspecified atom stereocenters. The van der Waals surface area contributed by atoms with Gasteiger partial charge in [0, 0.05) is 17.1 Å². The highest BCUT2D eigenvalue weighted by molar-refractivity contribution is 7.98. The van der Waals surface area contributed by atoms with E-state index in [1.165, 1.54) is 11.8 Å². The Balaban J connectivity index is 1.57. The van der Waals surface area contributed by atoms with Gasteiger partial charge in [0.25, 0.3) is 5.91 Å². The fourth-order valence-corrected chi connectivity index (χ4v) is 3.65. The minimum absolute atomic E-state index is 0.164. The summed E-state index contributed by atoms with van der Waals surface area (Å²) >= 11 is 1.45. The molecule has 0 aliphatic rings. The Labute approximate surface area is 171 Å². The molecule has 8 nitrogen and oxygen atoms in total. The van der Waals surface area contributed by atoms with Gasteiger partial charge in [0.05, 0.1) is 24.1 Å². The maximum absolute atomic E-state index is 12.9. The molecule has 0 fully saturated rings. The second-order valence-electron chi connectivity index (χ2n) is 6.53. The van der Waals surface area contributed by atoms with Crippen molar-refractivity contribution in [1.29, 1.82) is 0 Å². The third-order valence-corrected chi connectivity index (χ3v) is 5.30. The number of nitrogens with zero attached hydrogens (tertiary/aromatic N) is 5. The van der Waals surface area contributed by atoms with E-state index >= 15 is 0 Å². The predicted octanol–water partition coefficient (Wildman–Crippen LogP) is 3.70. The molecular weight excluding hydrogens is 388 g/mol. The number of aryl methyl sites for hydroxylation is 1. The van der Waals surface area contributed by atoms with E-state index in [0.29, 0.717) is 23.0 Å². The standard InChI is InChI=1S/C20H20N6O2S/c1-13-10-18(14(2)25(13)12-17-8-5-9-28-17)19(27)21-15-6-4-7-16(11-15)26-20(29-3)22-23-24-26/h4-11H,12H2,1-3H3,(H,21,27). The first kappa shape index (κ1) is 19.0. The van der Waals surface area contributed by atoms with Crippen LogP contribution >= 0.6 is 11.8 Å². The molecule has 9 heteroatoms. The first-order chi connectivity index (χ1) is 14.1. The van der Waals surface area contributed by atoms with Crippen molar-refractivity contribution in [2.75, 3.05) is 11.6 Å². The molecule has 0 aliphatic carbocycles. The van der Waals surface area contributed by atoms with E-state index in [-0.39, 0.29) is 5.91 Å². The summed E-state index contributed by atoms with van der Waals surface area (Å²) in [4.78, 5) is 12.9. The number of benzene rings is 1. The van der Waals surface area contributed by atoms with Crippen LogP contribution in [0.1, 0.15) is 27.5 Å². The SMILES string of the molecule is CSc1nnnn1-c1cccc(NC(=O)c2cc(C)n(Cc3ccco3)c2C)c1. The number of thioether (sulfide) groups is 1. The van der Waals surface area contributed by atoms with Gasteiger partial charge in [-0.05, 0) is 66.9 Å². The van der Waals surface area contributed by atoms with Gasteiger partial charge in [-0.1, -0.05) is 17.8 Å². The summed E-state index contributed by atoms with van der Waals surface area (Å²) in [5.41, 5.74) is 3.96. The second kappa shape index (κ2) is 7.96. The third kappa shape index (κ3) is 3.81. The van der Waals surface area contributed by atoms with E-state index in [1.54, 1.807) is 10.9 Å². The summed E-state index contributed by atoms with van der Waals surface area (Å²) in [5.74, 6) is 0.681. The van der Waals surface area contributed by atoms with Gasteiger partial charge in [-0.15, -0.1) is 5.10 Å². The quantitative estimate of drug-likeness (QED) is 0.489. The average Bonchev–Trinajstić information content (AvgIpc) is 3.45. The Morgan fingerprint density at radius 2 is 2.07 bits per heavy atom. The van der Waals surface area contributed by atoms with Crippen LogP contribution in [0.3, 0.4) is 0 Å². The normalized spacial score (nSPS) is 11.0. The van der Waals surface area contributed by atoms with E-state index in [4.69, 9.17) is 4.42 Å². The van der Waals surface area contributed by atoms with Crippen molar-refractivity contribution in [3.05, 3.63) is 71.4 Å². The molecule has 0 aliphatic heterocycles. The van der Waals surface area contributed by atoms with E-state index < -0.39 is 0 Å². The van der Waals surface area contributed by atoms with Crippen LogP contribution in [0.4, 0.5) is 5.69 Å². The molecule has 3 heterocycles. The van der Waals surface area contributed by atoms with Crippen molar-refractivity contribution in [2.45, 2.75) is 25.5 Å². The maximum atomic E-state index is 12.9. The summed E-state index contributed by atoms with van der Waals surface area (Å²) in [6.45, 7) is 4.51. The summed E-state index contributed by atoms with van der Waals surface area (Å²) in [6.07, 6.45) is 3.56. The van der Waals surface area contributed by atoms with Crippen molar-refractivity contribution >= 4 is 23.4 Å². The highest BCUT2D eigenvalue weighted by atomic mass is 32.2. The molecule has 4 rings (SSSR count). The van der Waals surface area contributed by atoms with Crippen molar-refractivity contribution in [3.63, 3.8) is 0 Å². The smallest absolute Gasteiger partial charge is 0.257 e. The molecule has 3 aromatic heterocycles. The number of hydrogen-bond acceptors (Lipinski definition) is 6. The van der Waals surface area contributed by atoms with E-state index in [0.717, 1.165) is 22.8 Å². The lowest BCUT2D eigenvalue weighted by Crippen LogP contribution is -2.14. The van der Waals surface area contributed by atoms with Crippen LogP contribution in [-0.2, 0) is 6.54 Å². The number of nitrogens with one attached hydrogen (secondary N) is 1. The maximum Gasteiger partial charge on any atom is 0.257 e. The number of rotatable bonds is 6. The van der Waals surface area contributed by atoms with Gasteiger partial charge in [-0.2, -0.15) is 4.68 Å². The fraction of sp³-hybridized carbons (Fsp3) is 0.200. The molecule has 1 N–H and O–H groups in total. The van der Waals surface area contributed by atoms with Gasteiger partial charge >= 0.3 is 0 Å². The Morgan fingerprint density at radius 1 is 1.21 bits per heavy atom. The fourth-order valence-electron chi connectivity index (χ4n) is 3.21. The van der Waals surface area contributed by atoms with Crippen LogP contribution in [0.5, 0.6) is 0 Å². The van der Waals surface area contributed by atoms with Crippen molar-refractivity contribution in [1.82, 2.24) is 24.8 Å². The molecule has 1 amide bonds. The number of tetrazole rings is 1. The van der Waals surface area contributed by atoms with E-state index in [1.807, 2.05) is 62.6 Å². The van der Waals surface area contributed by atoms with Crippen molar-refractivity contribution < 1.29 is 9.21 Å². The van der Waals surface area contributed by atoms with E-state index in [2.05, 4.69) is 25.4 Å². The molecule has 0 bridgehead atoms. The summed E-state index contributed by atoms with van der Waals surface area (Å²) < 4.78 is 9.14. The molecule has 0 spiro atoms. The van der Waals surface area contributed by atoms with Gasteiger partial charge in [0.15, 0.2) is 0 Å². The van der Waals surface area contributed by atoms with Crippen LogP contribution in [-0.4, -0.2) is 36.9 Å². The topological polar surface area (TPSA) is 90.8 Å². The Kier molecular flexibility index (Phi) is 5.22. The van der Waals surface area contributed by atoms with Gasteiger partial charge < -0.3 is 14.3 Å². The molecule has 1 aromatic carbocycles. The van der Waals surface area contributed by atoms with Gasteiger partial charge in [-0.3, -0.25) is 4.79 Å². The second-order valence-corrected chi connectivity index (χ2v) is 7.31. The molecule has 0 saturated heterocycles. The molecule has 0 atom stereocenters. The zero-order chi connectivity index (χ0) is 20.4. The van der Waals surface area contributed by atoms with Crippen molar-refractivity contribution in [3.8, 4) is 5.69 Å². The number of amides is 1. The third-order valence-electron chi connectivity index (χ3n) is 4.68. The lowest BCUT2D eigenvalue weighted by atomic mass is 10.2. The van der Waals surface area contributed by atoms with E-state index in [9.17, 15) is 4.79 Å². The number of aromatic nitrogens is 5. The lowest BCUT2D eigenvalue weighted by Gasteiger charge is -2.09. The number of anilines is 1. The highest BCUT2D eigenvalue weighted by Crippen LogP contribution is 2.21. The summed E-state index contributed by atoms with van der Waals surface area (Å²) in [6, 6.07) is 13.1. The van der Waals surface area contributed by atoms with Gasteiger partial charge in [0.2, 0.25) is 5.16 Å². The summed E-state index contributed by atoms with van der Waals surface area (Å²) in [7, 11) is 0. The first-order valence-corrected chi connectivity index (χ1v) is 10.2.